The van der Waals surface area contributed by atoms with Gasteiger partial charge in [0.05, 0.1) is 32.0 Å². The first-order valence-corrected chi connectivity index (χ1v) is 9.66. The molecular weight excluding hydrogens is 363 g/mol. The van der Waals surface area contributed by atoms with Crippen LogP contribution in [-0.2, 0) is 14.3 Å². The van der Waals surface area contributed by atoms with Gasteiger partial charge >= 0.3 is 0 Å². The van der Waals surface area contributed by atoms with Gasteiger partial charge in [0, 0.05) is 25.7 Å². The van der Waals surface area contributed by atoms with Crippen LogP contribution in [0, 0.1) is 5.41 Å². The van der Waals surface area contributed by atoms with E-state index in [1.165, 1.54) is 19.4 Å². The van der Waals surface area contributed by atoms with Crippen molar-refractivity contribution in [2.45, 2.75) is 40.2 Å². The van der Waals surface area contributed by atoms with Crippen LogP contribution in [-0.4, -0.2) is 67.2 Å². The summed E-state index contributed by atoms with van der Waals surface area (Å²) in [7, 11) is 0. The average Bonchev–Trinajstić information content (AvgIpc) is 3.05. The maximum absolute atomic E-state index is 14.6. The monoisotopic (exact) mass is 396 g/mol. The Morgan fingerprint density at radius 3 is 2.54 bits per heavy atom. The lowest BCUT2D eigenvalue weighted by Gasteiger charge is -2.29. The van der Waals surface area contributed by atoms with Crippen LogP contribution in [0.4, 0.5) is 4.39 Å². The van der Waals surface area contributed by atoms with Crippen LogP contribution >= 0.6 is 0 Å². The summed E-state index contributed by atoms with van der Waals surface area (Å²) in [6, 6.07) is -0.0653. The zero-order valence-corrected chi connectivity index (χ0v) is 17.4. The largest absolute Gasteiger partial charge is 0.458 e. The molecule has 2 saturated heterocycles. The molecule has 2 fully saturated rings. The summed E-state index contributed by atoms with van der Waals surface area (Å²) in [6.45, 7) is 14.3. The van der Waals surface area contributed by atoms with Gasteiger partial charge in [-0.1, -0.05) is 32.9 Å². The fraction of sp³-hybridized carbons (Fsp3) is 0.600. The fourth-order valence-electron chi connectivity index (χ4n) is 2.65. The molecule has 0 aromatic rings. The van der Waals surface area contributed by atoms with Gasteiger partial charge in [0.15, 0.2) is 0 Å². The number of nitrogens with one attached hydrogen (secondary N) is 2. The minimum atomic E-state index is -0.451. The van der Waals surface area contributed by atoms with E-state index >= 15 is 0 Å². The topological polar surface area (TPSA) is 77.9 Å². The van der Waals surface area contributed by atoms with Crippen molar-refractivity contribution in [1.29, 1.82) is 5.41 Å². The molecule has 0 aromatic carbocycles. The predicted octanol–water partition coefficient (Wildman–Crippen LogP) is 2.78. The van der Waals surface area contributed by atoms with Crippen molar-refractivity contribution < 1.29 is 18.7 Å². The summed E-state index contributed by atoms with van der Waals surface area (Å²) in [4.78, 5) is 14.4. The Bertz CT molecular complexity index is 613. The SMILES string of the molecule is C=C(/C(F)=C\C(=C/C)N1C[C@H](CNC(C)=O)OC1=N)N1CCOCC1.CCC. The van der Waals surface area contributed by atoms with Crippen molar-refractivity contribution in [2.24, 2.45) is 0 Å². The summed E-state index contributed by atoms with van der Waals surface area (Å²) < 4.78 is 25.3. The molecule has 2 N–H and O–H groups in total. The van der Waals surface area contributed by atoms with Gasteiger partial charge in [-0.15, -0.1) is 0 Å². The van der Waals surface area contributed by atoms with Gasteiger partial charge in [0.25, 0.3) is 6.02 Å². The van der Waals surface area contributed by atoms with Gasteiger partial charge in [-0.25, -0.2) is 4.39 Å². The lowest BCUT2D eigenvalue weighted by molar-refractivity contribution is -0.119. The number of hydrogen-bond acceptors (Lipinski definition) is 5. The van der Waals surface area contributed by atoms with E-state index in [9.17, 15) is 9.18 Å². The summed E-state index contributed by atoms with van der Waals surface area (Å²) >= 11 is 0. The minimum Gasteiger partial charge on any atom is -0.458 e. The van der Waals surface area contributed by atoms with E-state index in [-0.39, 0.29) is 18.0 Å². The van der Waals surface area contributed by atoms with Crippen molar-refractivity contribution >= 4 is 11.9 Å². The molecule has 0 bridgehead atoms. The Balaban J connectivity index is 0.00000122. The lowest BCUT2D eigenvalue weighted by Crippen LogP contribution is -2.35. The van der Waals surface area contributed by atoms with E-state index in [0.29, 0.717) is 50.8 Å². The zero-order chi connectivity index (χ0) is 21.1. The molecule has 2 heterocycles. The molecule has 158 valence electrons. The second-order valence-electron chi connectivity index (χ2n) is 6.55. The third-order valence-corrected chi connectivity index (χ3v) is 4.04. The van der Waals surface area contributed by atoms with Crippen LogP contribution in [0.15, 0.2) is 36.0 Å². The quantitative estimate of drug-likeness (QED) is 0.675. The Morgan fingerprint density at radius 1 is 1.39 bits per heavy atom. The van der Waals surface area contributed by atoms with Gasteiger partial charge in [-0.3, -0.25) is 15.1 Å². The standard InChI is InChI=1S/C17H25FN4O3.C3H8/c1-4-14(9-16(18)12(2)21-5-7-24-8-6-21)22-11-15(25-17(22)19)10-20-13(3)23;1-3-2/h4,9,15,19H,2,5-8,10-11H2,1,3H3,(H,20,23);3H2,1-2H3/b14-4+,16-9+,19-17?;/t15-;/m0./s1. The molecule has 2 aliphatic rings. The molecule has 0 unspecified atom stereocenters. The molecule has 2 rings (SSSR count). The van der Waals surface area contributed by atoms with Crippen molar-refractivity contribution in [2.75, 3.05) is 39.4 Å². The number of hydrogen-bond donors (Lipinski definition) is 2. The zero-order valence-electron chi connectivity index (χ0n) is 17.4. The number of nitrogens with zero attached hydrogens (tertiary/aromatic N) is 2. The number of ether oxygens (including phenoxy) is 2. The first-order chi connectivity index (χ1) is 13.3. The second-order valence-corrected chi connectivity index (χ2v) is 6.55. The van der Waals surface area contributed by atoms with E-state index in [1.54, 1.807) is 17.9 Å². The van der Waals surface area contributed by atoms with Crippen LogP contribution in [0.1, 0.15) is 34.1 Å². The Labute approximate surface area is 167 Å². The lowest BCUT2D eigenvalue weighted by atomic mass is 10.2. The van der Waals surface area contributed by atoms with Crippen molar-refractivity contribution in [3.05, 3.63) is 36.0 Å². The molecule has 7 nitrogen and oxygen atoms in total. The van der Waals surface area contributed by atoms with Crippen LogP contribution in [0.5, 0.6) is 0 Å². The van der Waals surface area contributed by atoms with E-state index in [2.05, 4.69) is 25.7 Å². The van der Waals surface area contributed by atoms with Gasteiger partial charge < -0.3 is 19.7 Å². The maximum Gasteiger partial charge on any atom is 0.289 e. The fourth-order valence-corrected chi connectivity index (χ4v) is 2.65. The van der Waals surface area contributed by atoms with E-state index in [4.69, 9.17) is 14.9 Å². The Morgan fingerprint density at radius 2 is 2.00 bits per heavy atom. The average molecular weight is 397 g/mol. The minimum absolute atomic E-state index is 0.0653. The van der Waals surface area contributed by atoms with E-state index < -0.39 is 5.83 Å². The number of halogens is 1. The van der Waals surface area contributed by atoms with E-state index in [1.807, 2.05) is 4.90 Å². The molecule has 28 heavy (non-hydrogen) atoms. The highest BCUT2D eigenvalue weighted by atomic mass is 19.1. The van der Waals surface area contributed by atoms with Crippen molar-refractivity contribution in [3.63, 3.8) is 0 Å². The van der Waals surface area contributed by atoms with Crippen LogP contribution < -0.4 is 5.32 Å². The predicted molar refractivity (Wildman–Crippen MR) is 108 cm³/mol. The van der Waals surface area contributed by atoms with Crippen LogP contribution in [0.25, 0.3) is 0 Å². The number of morpholine rings is 1. The molecule has 1 atom stereocenters. The third-order valence-electron chi connectivity index (χ3n) is 4.04. The second kappa shape index (κ2) is 12.2. The normalized spacial score (nSPS) is 20.3. The smallest absolute Gasteiger partial charge is 0.289 e. The molecule has 0 aromatic heterocycles. The highest BCUT2D eigenvalue weighted by molar-refractivity contribution is 5.76. The molecular formula is C20H33FN4O3. The number of amides is 1. The maximum atomic E-state index is 14.6. The van der Waals surface area contributed by atoms with Crippen LogP contribution in [0.3, 0.4) is 0 Å². The number of amidine groups is 1. The summed E-state index contributed by atoms with van der Waals surface area (Å²) in [5.74, 6) is -0.610. The molecule has 0 saturated carbocycles. The summed E-state index contributed by atoms with van der Waals surface area (Å²) in [5, 5.41) is 10.6. The Hall–Kier alpha value is -2.35. The van der Waals surface area contributed by atoms with Gasteiger partial charge in [-0.05, 0) is 13.0 Å². The van der Waals surface area contributed by atoms with Crippen molar-refractivity contribution in [3.8, 4) is 0 Å². The molecule has 0 spiro atoms. The number of carbonyl (C=O) groups is 1. The highest BCUT2D eigenvalue weighted by Gasteiger charge is 2.30. The van der Waals surface area contributed by atoms with E-state index in [0.717, 1.165) is 0 Å². The summed E-state index contributed by atoms with van der Waals surface area (Å²) in [6.07, 6.45) is 3.98. The molecule has 2 aliphatic heterocycles. The molecule has 1 amide bonds. The summed E-state index contributed by atoms with van der Waals surface area (Å²) in [5.41, 5.74) is 0.825. The highest BCUT2D eigenvalue weighted by Crippen LogP contribution is 2.22. The van der Waals surface area contributed by atoms with Gasteiger partial charge in [0.1, 0.15) is 11.9 Å². The van der Waals surface area contributed by atoms with Crippen LogP contribution in [0.2, 0.25) is 0 Å². The molecule has 0 aliphatic carbocycles. The molecule has 0 radical (unpaired) electrons. The number of rotatable bonds is 6. The van der Waals surface area contributed by atoms with Crippen molar-refractivity contribution in [1.82, 2.24) is 15.1 Å². The number of allylic oxidation sites excluding steroid dienone is 3. The number of carbonyl (C=O) groups excluding carboxylic acids is 1. The third kappa shape index (κ3) is 7.34. The Kier molecular flexibility index (Phi) is 10.3. The molecule has 8 heteroatoms. The van der Waals surface area contributed by atoms with Gasteiger partial charge in [0.2, 0.25) is 5.91 Å². The van der Waals surface area contributed by atoms with Gasteiger partial charge in [-0.2, -0.15) is 0 Å². The first kappa shape index (κ1) is 23.7. The first-order valence-electron chi connectivity index (χ1n) is 9.66.